The van der Waals surface area contributed by atoms with Gasteiger partial charge in [0.1, 0.15) is 1.41 Å². The molecule has 0 saturated carbocycles. The quantitative estimate of drug-likeness (QED) is 0.608. The molecule has 0 aromatic heterocycles. The molecule has 0 aromatic rings. The van der Waals surface area contributed by atoms with Crippen molar-refractivity contribution in [1.29, 1.82) is 0 Å². The summed E-state index contributed by atoms with van der Waals surface area (Å²) in [5, 5.41) is 0.799. The summed E-state index contributed by atoms with van der Waals surface area (Å²) < 4.78 is 41.5. The molecule has 0 amide bonds. The Bertz CT molecular complexity index is 305. The van der Waals surface area contributed by atoms with Gasteiger partial charge in [-0.1, -0.05) is 0 Å². The van der Waals surface area contributed by atoms with Crippen LogP contribution in [0.5, 0.6) is 0 Å². The van der Waals surface area contributed by atoms with Crippen LogP contribution in [-0.2, 0) is 9.09 Å². The van der Waals surface area contributed by atoms with Crippen LogP contribution in [0.1, 0.15) is 9.16 Å². The zero-order valence-electron chi connectivity index (χ0n) is 10.7. The van der Waals surface area contributed by atoms with Crippen LogP contribution >= 0.6 is 30.9 Å². The minimum absolute atomic E-state index is 0.0100. The SMILES string of the molecule is [2H]N1CCC([2H])([2H])OP1(=O)N(CCCl)CCCl. The molecule has 4 nitrogen and oxygen atoms in total. The molecular formula is C7H15Cl2N2O2P. The topological polar surface area (TPSA) is 41.6 Å². The molecule has 1 N–H and O–H groups in total. The highest BCUT2D eigenvalue weighted by Crippen LogP contribution is 2.47. The molecule has 0 aliphatic carbocycles. The van der Waals surface area contributed by atoms with Crippen LogP contribution in [0.2, 0.25) is 1.41 Å². The summed E-state index contributed by atoms with van der Waals surface area (Å²) in [6.45, 7) is -1.47. The highest BCUT2D eigenvalue weighted by molar-refractivity contribution is 7.54. The van der Waals surface area contributed by atoms with E-state index < -0.39 is 14.2 Å². The second-order valence-electron chi connectivity index (χ2n) is 2.67. The van der Waals surface area contributed by atoms with Crippen molar-refractivity contribution in [3.8, 4) is 0 Å². The molecule has 1 atom stereocenters. The number of nitrogens with zero attached hydrogens (tertiary/aromatic N) is 1. The lowest BCUT2D eigenvalue weighted by Crippen LogP contribution is -2.35. The van der Waals surface area contributed by atoms with Crippen LogP contribution in [0.25, 0.3) is 0 Å². The van der Waals surface area contributed by atoms with E-state index in [2.05, 4.69) is 0 Å². The second-order valence-corrected chi connectivity index (χ2v) is 5.44. The first-order valence-electron chi connectivity index (χ1n) is 5.75. The van der Waals surface area contributed by atoms with Crippen molar-refractivity contribution in [2.24, 2.45) is 0 Å². The Kier molecular flexibility index (Phi) is 3.97. The van der Waals surface area contributed by atoms with E-state index in [1.807, 2.05) is 0 Å². The summed E-state index contributed by atoms with van der Waals surface area (Å²) in [5.41, 5.74) is 0. The van der Waals surface area contributed by atoms with Crippen molar-refractivity contribution in [2.75, 3.05) is 38.0 Å². The third-order valence-corrected chi connectivity index (χ3v) is 4.10. The smallest absolute Gasteiger partial charge is 0.306 e. The Labute approximate surface area is 98.7 Å². The lowest BCUT2D eigenvalue weighted by atomic mass is 10.5. The second kappa shape index (κ2) is 6.31. The van der Waals surface area contributed by atoms with Crippen LogP contribution < -0.4 is 5.08 Å². The van der Waals surface area contributed by atoms with E-state index in [9.17, 15) is 4.57 Å². The van der Waals surface area contributed by atoms with Gasteiger partial charge in [0, 0.05) is 31.4 Å². The van der Waals surface area contributed by atoms with Gasteiger partial charge in [0.05, 0.1) is 9.30 Å². The summed E-state index contributed by atoms with van der Waals surface area (Å²) in [5.74, 6) is 0.419. The Morgan fingerprint density at radius 1 is 1.57 bits per heavy atom. The molecule has 1 rings (SSSR count). The van der Waals surface area contributed by atoms with E-state index in [0.29, 0.717) is 0 Å². The van der Waals surface area contributed by atoms with Gasteiger partial charge in [-0.2, -0.15) is 0 Å². The number of hydrogen-bond donors (Lipinski definition) is 1. The lowest BCUT2D eigenvalue weighted by molar-refractivity contribution is 0.233. The minimum atomic E-state index is -3.68. The largest absolute Gasteiger partial charge is 0.343 e. The fourth-order valence-corrected chi connectivity index (χ4v) is 3.40. The Morgan fingerprint density at radius 3 is 2.79 bits per heavy atom. The Hall–Kier alpha value is 0.690. The average molecular weight is 264 g/mol. The van der Waals surface area contributed by atoms with E-state index in [4.69, 9.17) is 31.9 Å². The van der Waals surface area contributed by atoms with Crippen LogP contribution in [0.3, 0.4) is 0 Å². The number of hydrogen-bond acceptors (Lipinski definition) is 2. The van der Waals surface area contributed by atoms with Crippen LogP contribution in [0, 0.1) is 0 Å². The van der Waals surface area contributed by atoms with Gasteiger partial charge >= 0.3 is 7.67 Å². The fraction of sp³-hybridized carbons (Fsp3) is 1.00. The summed E-state index contributed by atoms with van der Waals surface area (Å²) in [6.07, 6.45) is 0.0100. The number of rotatable bonds is 5. The molecule has 1 unspecified atom stereocenters. The van der Waals surface area contributed by atoms with Crippen molar-refractivity contribution >= 4 is 30.9 Å². The van der Waals surface area contributed by atoms with E-state index in [-0.39, 0.29) is 37.8 Å². The zero-order valence-corrected chi connectivity index (χ0v) is 10.1. The maximum Gasteiger partial charge on any atom is 0.343 e. The maximum absolute atomic E-state index is 12.5. The van der Waals surface area contributed by atoms with Crippen LogP contribution in [0.15, 0.2) is 0 Å². The zero-order chi connectivity index (χ0) is 13.1. The van der Waals surface area contributed by atoms with Crippen LogP contribution in [0.4, 0.5) is 0 Å². The summed E-state index contributed by atoms with van der Waals surface area (Å²) >= 11 is 11.2. The monoisotopic (exact) mass is 263 g/mol. The highest BCUT2D eigenvalue weighted by Gasteiger charge is 2.32. The predicted octanol–water partition coefficient (Wildman–Crippen LogP) is 1.88. The van der Waals surface area contributed by atoms with Gasteiger partial charge < -0.3 is 4.52 Å². The van der Waals surface area contributed by atoms with Crippen molar-refractivity contribution in [2.45, 2.75) is 6.42 Å². The Morgan fingerprint density at radius 2 is 2.21 bits per heavy atom. The number of nitrogens with one attached hydrogen (secondary N) is 1. The van der Waals surface area contributed by atoms with Gasteiger partial charge in [-0.05, 0) is 6.42 Å². The first kappa shape index (κ1) is 8.80. The third-order valence-electron chi connectivity index (χ3n) is 1.72. The van der Waals surface area contributed by atoms with Crippen molar-refractivity contribution in [3.05, 3.63) is 0 Å². The van der Waals surface area contributed by atoms with Crippen molar-refractivity contribution in [1.82, 2.24) is 9.75 Å². The normalized spacial score (nSPS) is 36.4. The van der Waals surface area contributed by atoms with E-state index in [1.165, 1.54) is 4.67 Å². The number of alkyl halides is 2. The molecule has 14 heavy (non-hydrogen) atoms. The molecule has 1 heterocycles. The van der Waals surface area contributed by atoms with Crippen LogP contribution in [-0.4, -0.2) is 42.6 Å². The molecule has 0 bridgehead atoms. The molecule has 0 aromatic carbocycles. The van der Waals surface area contributed by atoms with Gasteiger partial charge in [-0.25, -0.2) is 9.75 Å². The molecular weight excluding hydrogens is 246 g/mol. The van der Waals surface area contributed by atoms with E-state index in [1.54, 1.807) is 0 Å². The first-order chi connectivity index (χ1) is 7.85. The Balaban J connectivity index is 2.90. The van der Waals surface area contributed by atoms with E-state index in [0.717, 1.165) is 5.08 Å². The summed E-state index contributed by atoms with van der Waals surface area (Å²) in [7, 11) is -3.68. The van der Waals surface area contributed by atoms with E-state index >= 15 is 0 Å². The molecule has 1 saturated heterocycles. The average Bonchev–Trinajstić information content (AvgIpc) is 2.23. The van der Waals surface area contributed by atoms with Gasteiger partial charge in [0.2, 0.25) is 0 Å². The predicted molar refractivity (Wildman–Crippen MR) is 59.2 cm³/mol. The fourth-order valence-electron chi connectivity index (χ4n) is 1.09. The van der Waals surface area contributed by atoms with Crippen molar-refractivity contribution < 1.29 is 13.2 Å². The van der Waals surface area contributed by atoms with Crippen molar-refractivity contribution in [3.63, 3.8) is 0 Å². The molecule has 0 spiro atoms. The molecule has 1 fully saturated rings. The highest BCUT2D eigenvalue weighted by atomic mass is 35.5. The summed E-state index contributed by atoms with van der Waals surface area (Å²) in [4.78, 5) is 0. The van der Waals surface area contributed by atoms with Gasteiger partial charge in [-0.15, -0.1) is 23.2 Å². The molecule has 0 radical (unpaired) electrons. The molecule has 84 valence electrons. The van der Waals surface area contributed by atoms with Gasteiger partial charge in [-0.3, -0.25) is 4.57 Å². The first-order valence-corrected chi connectivity index (χ1v) is 6.91. The maximum atomic E-state index is 12.5. The minimum Gasteiger partial charge on any atom is -0.306 e. The third kappa shape index (κ3) is 3.37. The molecule has 1 aliphatic heterocycles. The lowest BCUT2D eigenvalue weighted by Gasteiger charge is -2.33. The number of halogens is 2. The summed E-state index contributed by atoms with van der Waals surface area (Å²) in [6, 6.07) is 0. The van der Waals surface area contributed by atoms with Gasteiger partial charge in [0.15, 0.2) is 0 Å². The molecule has 7 heteroatoms. The van der Waals surface area contributed by atoms with Gasteiger partial charge in [0.25, 0.3) is 0 Å². The standard InChI is InChI=1S/C7H15Cl2N2O2P/c8-2-5-11(6-3-9)14(12)10-4-1-7-13-14/h1-7H2,(H,10,12)/i7D2/hD. The molecule has 1 aliphatic rings.